The zero-order valence-electron chi connectivity index (χ0n) is 13.2. The Morgan fingerprint density at radius 3 is 2.83 bits per heavy atom. The molecule has 2 heterocycles. The number of nitrogens with one attached hydrogen (secondary N) is 1. The highest BCUT2D eigenvalue weighted by atomic mass is 35.5. The molecule has 1 aromatic carbocycles. The largest absolute Gasteiger partial charge is 0.378 e. The van der Waals surface area contributed by atoms with Crippen molar-refractivity contribution in [2.45, 2.75) is 25.3 Å². The van der Waals surface area contributed by atoms with Crippen LogP contribution >= 0.6 is 12.4 Å². The van der Waals surface area contributed by atoms with Crippen LogP contribution in [0.3, 0.4) is 0 Å². The number of ether oxygens (including phenoxy) is 1. The van der Waals surface area contributed by atoms with Crippen molar-refractivity contribution in [3.63, 3.8) is 0 Å². The Morgan fingerprint density at radius 2 is 2.13 bits per heavy atom. The van der Waals surface area contributed by atoms with Crippen LogP contribution < -0.4 is 5.32 Å². The number of nitrogens with zero attached hydrogens (tertiary/aromatic N) is 1. The van der Waals surface area contributed by atoms with Crippen molar-refractivity contribution in [3.8, 4) is 0 Å². The fourth-order valence-corrected chi connectivity index (χ4v) is 3.27. The Bertz CT molecular complexity index is 506. The van der Waals surface area contributed by atoms with E-state index in [1.54, 1.807) is 0 Å². The van der Waals surface area contributed by atoms with Crippen LogP contribution in [0.4, 0.5) is 4.39 Å². The summed E-state index contributed by atoms with van der Waals surface area (Å²) in [4.78, 5) is 14.3. The van der Waals surface area contributed by atoms with E-state index in [0.29, 0.717) is 18.9 Å². The summed E-state index contributed by atoms with van der Waals surface area (Å²) in [6, 6.07) is 6.83. The van der Waals surface area contributed by atoms with Gasteiger partial charge in [0.05, 0.1) is 13.2 Å². The minimum atomic E-state index is -0.200. The maximum Gasteiger partial charge on any atom is 0.224 e. The van der Waals surface area contributed by atoms with Gasteiger partial charge in [0.25, 0.3) is 0 Å². The highest BCUT2D eigenvalue weighted by Gasteiger charge is 2.28. The number of hydrogen-bond donors (Lipinski definition) is 1. The topological polar surface area (TPSA) is 41.6 Å². The lowest BCUT2D eigenvalue weighted by molar-refractivity contribution is -0.131. The summed E-state index contributed by atoms with van der Waals surface area (Å²) in [7, 11) is 0. The van der Waals surface area contributed by atoms with E-state index in [1.807, 2.05) is 17.0 Å². The molecule has 1 amide bonds. The summed E-state index contributed by atoms with van der Waals surface area (Å²) in [5.41, 5.74) is 1.14. The van der Waals surface area contributed by atoms with Crippen LogP contribution in [0.15, 0.2) is 24.3 Å². The Hall–Kier alpha value is -1.17. The van der Waals surface area contributed by atoms with Crippen LogP contribution in [0.1, 0.15) is 18.4 Å². The highest BCUT2D eigenvalue weighted by Crippen LogP contribution is 2.22. The van der Waals surface area contributed by atoms with E-state index in [2.05, 4.69) is 5.32 Å². The molecule has 0 bridgehead atoms. The molecule has 6 heteroatoms. The molecule has 2 atom stereocenters. The Labute approximate surface area is 142 Å². The average molecular weight is 343 g/mol. The van der Waals surface area contributed by atoms with E-state index in [0.717, 1.165) is 44.6 Å². The Kier molecular flexibility index (Phi) is 6.81. The molecule has 2 unspecified atom stereocenters. The van der Waals surface area contributed by atoms with Crippen molar-refractivity contribution < 1.29 is 13.9 Å². The molecule has 3 rings (SSSR count). The van der Waals surface area contributed by atoms with Gasteiger partial charge in [-0.1, -0.05) is 12.1 Å². The Balaban J connectivity index is 0.00000192. The second-order valence-corrected chi connectivity index (χ2v) is 6.26. The predicted molar refractivity (Wildman–Crippen MR) is 89.3 cm³/mol. The van der Waals surface area contributed by atoms with Crippen LogP contribution in [0.2, 0.25) is 0 Å². The van der Waals surface area contributed by atoms with E-state index in [4.69, 9.17) is 4.74 Å². The lowest BCUT2D eigenvalue weighted by Gasteiger charge is -2.25. The number of benzene rings is 1. The van der Waals surface area contributed by atoms with Crippen LogP contribution in [-0.4, -0.2) is 49.7 Å². The number of hydrogen-bond acceptors (Lipinski definition) is 3. The summed E-state index contributed by atoms with van der Waals surface area (Å²) >= 11 is 0. The smallest absolute Gasteiger partial charge is 0.224 e. The molecule has 23 heavy (non-hydrogen) atoms. The third-order valence-electron chi connectivity index (χ3n) is 4.50. The quantitative estimate of drug-likeness (QED) is 0.910. The van der Waals surface area contributed by atoms with Gasteiger partial charge in [-0.3, -0.25) is 4.79 Å². The molecular weight excluding hydrogens is 319 g/mol. The van der Waals surface area contributed by atoms with Gasteiger partial charge in [-0.25, -0.2) is 4.39 Å². The second kappa shape index (κ2) is 8.62. The highest BCUT2D eigenvalue weighted by molar-refractivity contribution is 5.85. The van der Waals surface area contributed by atoms with Gasteiger partial charge in [0.15, 0.2) is 0 Å². The van der Waals surface area contributed by atoms with Crippen LogP contribution in [0, 0.1) is 11.7 Å². The number of carbonyl (C=O) groups is 1. The van der Waals surface area contributed by atoms with Crippen molar-refractivity contribution in [2.75, 3.05) is 32.8 Å². The third-order valence-corrected chi connectivity index (χ3v) is 4.50. The van der Waals surface area contributed by atoms with Crippen molar-refractivity contribution in [2.24, 2.45) is 5.92 Å². The molecule has 128 valence electrons. The molecule has 0 saturated carbocycles. The van der Waals surface area contributed by atoms with Crippen molar-refractivity contribution in [1.82, 2.24) is 10.2 Å². The molecule has 2 aliphatic rings. The summed E-state index contributed by atoms with van der Waals surface area (Å²) in [6.45, 7) is 3.82. The van der Waals surface area contributed by atoms with E-state index >= 15 is 0 Å². The van der Waals surface area contributed by atoms with Crippen molar-refractivity contribution in [3.05, 3.63) is 35.6 Å². The Morgan fingerprint density at radius 1 is 1.35 bits per heavy atom. The summed E-state index contributed by atoms with van der Waals surface area (Å²) in [5, 5.41) is 3.32. The van der Waals surface area contributed by atoms with Gasteiger partial charge in [0, 0.05) is 32.1 Å². The van der Waals surface area contributed by atoms with Gasteiger partial charge < -0.3 is 15.0 Å². The molecule has 1 N–H and O–H groups in total. The van der Waals surface area contributed by atoms with Gasteiger partial charge in [-0.2, -0.15) is 0 Å². The molecule has 2 aliphatic heterocycles. The molecule has 2 fully saturated rings. The maximum absolute atomic E-state index is 12.9. The average Bonchev–Trinajstić information content (AvgIpc) is 2.99. The van der Waals surface area contributed by atoms with Crippen LogP contribution in [0.25, 0.3) is 0 Å². The molecule has 0 radical (unpaired) electrons. The van der Waals surface area contributed by atoms with Crippen molar-refractivity contribution in [1.29, 1.82) is 0 Å². The molecule has 4 nitrogen and oxygen atoms in total. The minimum absolute atomic E-state index is 0. The number of likely N-dealkylation sites (tertiary alicyclic amines) is 1. The SMILES string of the molecule is Cl.O=C(CC1COCCN1)N1CCC(Cc2ccc(F)cc2)C1. The molecule has 2 saturated heterocycles. The zero-order valence-corrected chi connectivity index (χ0v) is 14.0. The summed E-state index contributed by atoms with van der Waals surface area (Å²) in [5.74, 6) is 0.490. The van der Waals surface area contributed by atoms with E-state index in [1.165, 1.54) is 12.1 Å². The van der Waals surface area contributed by atoms with Crippen molar-refractivity contribution >= 4 is 18.3 Å². The predicted octanol–water partition coefficient (Wildman–Crippen LogP) is 2.02. The summed E-state index contributed by atoms with van der Waals surface area (Å²) < 4.78 is 18.3. The number of carbonyl (C=O) groups excluding carboxylic acids is 1. The van der Waals surface area contributed by atoms with Gasteiger partial charge in [-0.15, -0.1) is 12.4 Å². The molecule has 0 spiro atoms. The zero-order chi connectivity index (χ0) is 15.4. The fourth-order valence-electron chi connectivity index (χ4n) is 3.27. The van der Waals surface area contributed by atoms with E-state index in [-0.39, 0.29) is 30.2 Å². The number of halogens is 2. The molecule has 0 aromatic heterocycles. The molecule has 1 aromatic rings. The molecular formula is C17H24ClFN2O2. The molecule has 0 aliphatic carbocycles. The lowest BCUT2D eigenvalue weighted by Crippen LogP contribution is -2.44. The fraction of sp³-hybridized carbons (Fsp3) is 0.588. The van der Waals surface area contributed by atoms with E-state index < -0.39 is 0 Å². The van der Waals surface area contributed by atoms with Gasteiger partial charge in [-0.05, 0) is 36.5 Å². The monoisotopic (exact) mass is 342 g/mol. The van der Waals surface area contributed by atoms with E-state index in [9.17, 15) is 9.18 Å². The maximum atomic E-state index is 12.9. The number of amides is 1. The normalized spacial score (nSPS) is 24.3. The van der Waals surface area contributed by atoms with Crippen LogP contribution in [-0.2, 0) is 16.0 Å². The first-order valence-electron chi connectivity index (χ1n) is 8.04. The minimum Gasteiger partial charge on any atom is -0.378 e. The lowest BCUT2D eigenvalue weighted by atomic mass is 9.99. The second-order valence-electron chi connectivity index (χ2n) is 6.26. The van der Waals surface area contributed by atoms with Crippen LogP contribution in [0.5, 0.6) is 0 Å². The number of morpholine rings is 1. The number of rotatable bonds is 4. The van der Waals surface area contributed by atoms with Gasteiger partial charge in [0.2, 0.25) is 5.91 Å². The van der Waals surface area contributed by atoms with Gasteiger partial charge in [0.1, 0.15) is 5.82 Å². The first-order valence-corrected chi connectivity index (χ1v) is 8.04. The first-order chi connectivity index (χ1) is 10.7. The van der Waals surface area contributed by atoms with Gasteiger partial charge >= 0.3 is 0 Å². The third kappa shape index (κ3) is 5.16. The standard InChI is InChI=1S/C17H23FN2O2.ClH/c18-15-3-1-13(2-4-15)9-14-5-7-20(11-14)17(21)10-16-12-22-8-6-19-16;/h1-4,14,16,19H,5-12H2;1H. The summed E-state index contributed by atoms with van der Waals surface area (Å²) in [6.07, 6.45) is 2.45. The first kappa shape index (κ1) is 18.2.